The zero-order chi connectivity index (χ0) is 24.8. The first-order valence-electron chi connectivity index (χ1n) is 10.6. The normalized spacial score (nSPS) is 10.8. The van der Waals surface area contributed by atoms with E-state index >= 15 is 0 Å². The fourth-order valence-electron chi connectivity index (χ4n) is 3.30. The molecule has 4 aromatic rings. The van der Waals surface area contributed by atoms with E-state index in [2.05, 4.69) is 26.1 Å². The summed E-state index contributed by atoms with van der Waals surface area (Å²) in [6.07, 6.45) is 1.30. The summed E-state index contributed by atoms with van der Waals surface area (Å²) in [4.78, 5) is 41.7. The molecule has 3 N–H and O–H groups in total. The number of benzene rings is 3. The smallest absolute Gasteiger partial charge is 0.322 e. The molecule has 35 heavy (non-hydrogen) atoms. The van der Waals surface area contributed by atoms with Gasteiger partial charge in [-0.2, -0.15) is 5.10 Å². The van der Waals surface area contributed by atoms with Crippen LogP contribution in [0.25, 0.3) is 10.9 Å². The van der Waals surface area contributed by atoms with Gasteiger partial charge in [-0.15, -0.1) is 0 Å². The molecule has 0 aliphatic heterocycles. The van der Waals surface area contributed by atoms with Crippen LogP contribution in [0.1, 0.15) is 21.5 Å². The lowest BCUT2D eigenvalue weighted by molar-refractivity contribution is -0.136. The summed E-state index contributed by atoms with van der Waals surface area (Å²) in [5, 5.41) is 10.1. The number of aryl methyl sites for hydroxylation is 1. The van der Waals surface area contributed by atoms with Crippen molar-refractivity contribution in [3.05, 3.63) is 101 Å². The molecule has 0 radical (unpaired) electrons. The molecule has 4 rings (SSSR count). The maximum Gasteiger partial charge on any atom is 0.329 e. The number of para-hydroxylation sites is 2. The summed E-state index contributed by atoms with van der Waals surface area (Å²) in [6, 6.07) is 22.9. The van der Waals surface area contributed by atoms with Crippen LogP contribution in [0.3, 0.4) is 0 Å². The van der Waals surface area contributed by atoms with Gasteiger partial charge in [-0.25, -0.2) is 10.4 Å². The first-order chi connectivity index (χ1) is 16.9. The SMILES string of the molecule is Cc1cccc(NC(=O)c2ccccc2NC(=O)C(=O)N/N=C\c2cc3ccccc3nc2Cl)c1. The second-order valence-corrected chi connectivity index (χ2v) is 7.94. The van der Waals surface area contributed by atoms with Crippen molar-refractivity contribution < 1.29 is 14.4 Å². The number of rotatable bonds is 5. The molecule has 0 atom stereocenters. The highest BCUT2D eigenvalue weighted by Gasteiger charge is 2.18. The molecule has 0 aliphatic rings. The molecule has 174 valence electrons. The lowest BCUT2D eigenvalue weighted by Crippen LogP contribution is -2.33. The fraction of sp³-hybridized carbons (Fsp3) is 0.0385. The topological polar surface area (TPSA) is 113 Å². The molecule has 0 fully saturated rings. The molecule has 9 heteroatoms. The number of carbonyl (C=O) groups excluding carboxylic acids is 3. The van der Waals surface area contributed by atoms with E-state index in [1.165, 1.54) is 12.3 Å². The Morgan fingerprint density at radius 1 is 0.886 bits per heavy atom. The lowest BCUT2D eigenvalue weighted by atomic mass is 10.1. The number of aromatic nitrogens is 1. The van der Waals surface area contributed by atoms with E-state index in [1.54, 1.807) is 30.3 Å². The van der Waals surface area contributed by atoms with Crippen LogP contribution in [0.4, 0.5) is 11.4 Å². The Balaban J connectivity index is 1.41. The summed E-state index contributed by atoms with van der Waals surface area (Å²) in [5.74, 6) is -2.43. The summed E-state index contributed by atoms with van der Waals surface area (Å²) in [6.45, 7) is 1.91. The summed E-state index contributed by atoms with van der Waals surface area (Å²) >= 11 is 6.17. The van der Waals surface area contributed by atoms with E-state index in [4.69, 9.17) is 11.6 Å². The number of hydrogen-bond donors (Lipinski definition) is 3. The lowest BCUT2D eigenvalue weighted by Gasteiger charge is -2.11. The Hall–Kier alpha value is -4.56. The average Bonchev–Trinajstić information content (AvgIpc) is 2.84. The van der Waals surface area contributed by atoms with Crippen molar-refractivity contribution in [1.29, 1.82) is 0 Å². The van der Waals surface area contributed by atoms with E-state index in [0.717, 1.165) is 16.5 Å². The molecule has 0 aliphatic carbocycles. The predicted octanol–water partition coefficient (Wildman–Crippen LogP) is 4.54. The number of pyridine rings is 1. The molecule has 0 saturated carbocycles. The van der Waals surface area contributed by atoms with Gasteiger partial charge in [-0.1, -0.05) is 54.1 Å². The maximum absolute atomic E-state index is 12.7. The Kier molecular flexibility index (Phi) is 7.13. The van der Waals surface area contributed by atoms with Gasteiger partial charge in [0.15, 0.2) is 0 Å². The average molecular weight is 486 g/mol. The molecule has 0 bridgehead atoms. The van der Waals surface area contributed by atoms with Crippen LogP contribution in [-0.4, -0.2) is 28.9 Å². The van der Waals surface area contributed by atoms with Gasteiger partial charge >= 0.3 is 11.8 Å². The highest BCUT2D eigenvalue weighted by Crippen LogP contribution is 2.20. The van der Waals surface area contributed by atoms with Crippen LogP contribution in [0, 0.1) is 6.92 Å². The predicted molar refractivity (Wildman–Crippen MR) is 137 cm³/mol. The molecule has 3 aromatic carbocycles. The van der Waals surface area contributed by atoms with Crippen LogP contribution in [0.2, 0.25) is 5.15 Å². The number of hydrazone groups is 1. The fourth-order valence-corrected chi connectivity index (χ4v) is 3.50. The quantitative estimate of drug-likeness (QED) is 0.167. The third kappa shape index (κ3) is 5.87. The van der Waals surface area contributed by atoms with Crippen molar-refractivity contribution in [3.63, 3.8) is 0 Å². The Morgan fingerprint density at radius 2 is 1.66 bits per heavy atom. The first-order valence-corrected chi connectivity index (χ1v) is 11.0. The maximum atomic E-state index is 12.7. The minimum Gasteiger partial charge on any atom is -0.322 e. The highest BCUT2D eigenvalue weighted by molar-refractivity contribution is 6.40. The molecular formula is C26H20ClN5O3. The highest BCUT2D eigenvalue weighted by atomic mass is 35.5. The number of nitrogens with one attached hydrogen (secondary N) is 3. The molecule has 3 amide bonds. The molecular weight excluding hydrogens is 466 g/mol. The van der Waals surface area contributed by atoms with Crippen LogP contribution >= 0.6 is 11.6 Å². The second-order valence-electron chi connectivity index (χ2n) is 7.58. The molecule has 0 unspecified atom stereocenters. The molecule has 0 saturated heterocycles. The molecule has 1 heterocycles. The number of hydrogen-bond acceptors (Lipinski definition) is 5. The van der Waals surface area contributed by atoms with Gasteiger partial charge in [0.05, 0.1) is 23.0 Å². The molecule has 0 spiro atoms. The zero-order valence-electron chi connectivity index (χ0n) is 18.6. The van der Waals surface area contributed by atoms with Crippen LogP contribution in [0.15, 0.2) is 84.0 Å². The first kappa shape index (κ1) is 23.6. The van der Waals surface area contributed by atoms with Crippen LogP contribution in [0.5, 0.6) is 0 Å². The molecule has 1 aromatic heterocycles. The van der Waals surface area contributed by atoms with Gasteiger partial charge < -0.3 is 10.6 Å². The Morgan fingerprint density at radius 3 is 2.49 bits per heavy atom. The third-order valence-corrected chi connectivity index (χ3v) is 5.28. The van der Waals surface area contributed by atoms with Crippen LogP contribution < -0.4 is 16.1 Å². The largest absolute Gasteiger partial charge is 0.329 e. The minimum absolute atomic E-state index is 0.184. The standard InChI is InChI=1S/C26H20ClN5O3/c1-16-7-6-9-19(13-16)29-24(33)20-10-3-5-12-22(20)31-25(34)26(35)32-28-15-18-14-17-8-2-4-11-21(17)30-23(18)27/h2-15H,1H3,(H,29,33)(H,31,34)(H,32,35)/b28-15-. The van der Waals surface area contributed by atoms with E-state index < -0.39 is 17.7 Å². The van der Waals surface area contributed by atoms with Crippen molar-refractivity contribution in [2.24, 2.45) is 5.10 Å². The zero-order valence-corrected chi connectivity index (χ0v) is 19.3. The van der Waals surface area contributed by atoms with Gasteiger partial charge in [-0.05, 0) is 48.9 Å². The number of carbonyl (C=O) groups is 3. The molecule has 8 nitrogen and oxygen atoms in total. The van der Waals surface area contributed by atoms with Gasteiger partial charge in [0.25, 0.3) is 5.91 Å². The number of halogens is 1. The Bertz CT molecular complexity index is 1470. The van der Waals surface area contributed by atoms with Gasteiger partial charge in [-0.3, -0.25) is 14.4 Å². The number of anilines is 2. The summed E-state index contributed by atoms with van der Waals surface area (Å²) in [5.41, 5.74) is 5.34. The van der Waals surface area contributed by atoms with E-state index in [1.807, 2.05) is 49.4 Å². The van der Waals surface area contributed by atoms with Crippen molar-refractivity contribution >= 4 is 57.8 Å². The third-order valence-electron chi connectivity index (χ3n) is 4.98. The monoisotopic (exact) mass is 485 g/mol. The van der Waals surface area contributed by atoms with Gasteiger partial charge in [0.1, 0.15) is 5.15 Å². The number of fused-ring (bicyclic) bond motifs is 1. The summed E-state index contributed by atoms with van der Waals surface area (Å²) in [7, 11) is 0. The Labute approximate surface area is 206 Å². The minimum atomic E-state index is -1.01. The van der Waals surface area contributed by atoms with Crippen molar-refractivity contribution in [3.8, 4) is 0 Å². The van der Waals surface area contributed by atoms with E-state index in [-0.39, 0.29) is 16.4 Å². The number of nitrogens with zero attached hydrogens (tertiary/aromatic N) is 2. The van der Waals surface area contributed by atoms with Crippen molar-refractivity contribution in [1.82, 2.24) is 10.4 Å². The van der Waals surface area contributed by atoms with Crippen LogP contribution in [-0.2, 0) is 9.59 Å². The van der Waals surface area contributed by atoms with Crippen molar-refractivity contribution in [2.75, 3.05) is 10.6 Å². The van der Waals surface area contributed by atoms with E-state index in [9.17, 15) is 14.4 Å². The summed E-state index contributed by atoms with van der Waals surface area (Å²) < 4.78 is 0. The second kappa shape index (κ2) is 10.6. The van der Waals surface area contributed by atoms with E-state index in [0.29, 0.717) is 11.3 Å². The van der Waals surface area contributed by atoms with Gasteiger partial charge in [0, 0.05) is 16.6 Å². The number of amides is 3. The van der Waals surface area contributed by atoms with Gasteiger partial charge in [0.2, 0.25) is 0 Å². The van der Waals surface area contributed by atoms with Crippen molar-refractivity contribution in [2.45, 2.75) is 6.92 Å².